The highest BCUT2D eigenvalue weighted by Crippen LogP contribution is 2.28. The molecule has 1 aliphatic rings. The van der Waals surface area contributed by atoms with E-state index < -0.39 is 0 Å². The van der Waals surface area contributed by atoms with Crippen LogP contribution in [0.1, 0.15) is 23.5 Å². The van der Waals surface area contributed by atoms with Gasteiger partial charge in [0, 0.05) is 25.5 Å². The van der Waals surface area contributed by atoms with Crippen LogP contribution in [0.5, 0.6) is 5.75 Å². The molecule has 0 amide bonds. The van der Waals surface area contributed by atoms with Gasteiger partial charge in [-0.05, 0) is 60.7 Å². The maximum atomic E-state index is 5.22. The molecule has 1 saturated heterocycles. The number of hydrogen-bond acceptors (Lipinski definition) is 3. The molecule has 3 heteroatoms. The first kappa shape index (κ1) is 14.1. The van der Waals surface area contributed by atoms with Crippen molar-refractivity contribution in [3.8, 4) is 5.75 Å². The summed E-state index contributed by atoms with van der Waals surface area (Å²) in [5.74, 6) is 1.60. The first-order valence-electron chi connectivity index (χ1n) is 7.60. The van der Waals surface area contributed by atoms with Gasteiger partial charge in [-0.15, -0.1) is 0 Å². The van der Waals surface area contributed by atoms with Crippen molar-refractivity contribution >= 4 is 0 Å². The monoisotopic (exact) mass is 282 g/mol. The lowest BCUT2D eigenvalue weighted by atomic mass is 9.98. The number of aromatic nitrogens is 1. The van der Waals surface area contributed by atoms with E-state index in [9.17, 15) is 0 Å². The predicted molar refractivity (Wildman–Crippen MR) is 84.7 cm³/mol. The van der Waals surface area contributed by atoms with Crippen molar-refractivity contribution in [1.82, 2.24) is 9.88 Å². The van der Waals surface area contributed by atoms with Crippen molar-refractivity contribution in [1.29, 1.82) is 0 Å². The molecule has 1 aromatic heterocycles. The minimum atomic E-state index is 0.661. The van der Waals surface area contributed by atoms with E-state index in [0.29, 0.717) is 5.92 Å². The third-order valence-electron chi connectivity index (χ3n) is 4.33. The molecule has 0 aliphatic carbocycles. The Hall–Kier alpha value is -1.87. The van der Waals surface area contributed by atoms with E-state index in [1.165, 1.54) is 24.1 Å². The fourth-order valence-electron chi connectivity index (χ4n) is 3.02. The predicted octanol–water partition coefficient (Wildman–Crippen LogP) is 3.12. The standard InChI is InChI=1S/C18H22N2O/c1-21-18-4-2-16(3-5-18)17-9-13-20(14-17)12-8-15-6-10-19-11-7-15/h2-7,10-11,17H,8-9,12-14H2,1H3/t17-/m0/s1. The van der Waals surface area contributed by atoms with Gasteiger partial charge in [0.05, 0.1) is 7.11 Å². The van der Waals surface area contributed by atoms with Gasteiger partial charge in [-0.2, -0.15) is 0 Å². The normalized spacial score (nSPS) is 18.8. The van der Waals surface area contributed by atoms with Gasteiger partial charge in [0.15, 0.2) is 0 Å². The SMILES string of the molecule is COc1ccc([C@H]2CCN(CCc3ccncc3)C2)cc1. The van der Waals surface area contributed by atoms with Crippen molar-refractivity contribution in [2.45, 2.75) is 18.8 Å². The van der Waals surface area contributed by atoms with E-state index >= 15 is 0 Å². The molecular weight excluding hydrogens is 260 g/mol. The van der Waals surface area contributed by atoms with Crippen molar-refractivity contribution in [2.75, 3.05) is 26.7 Å². The lowest BCUT2D eigenvalue weighted by Crippen LogP contribution is -2.23. The molecule has 0 spiro atoms. The summed E-state index contributed by atoms with van der Waals surface area (Å²) >= 11 is 0. The van der Waals surface area contributed by atoms with E-state index in [4.69, 9.17) is 4.74 Å². The van der Waals surface area contributed by atoms with Crippen molar-refractivity contribution in [2.24, 2.45) is 0 Å². The molecule has 0 bridgehead atoms. The lowest BCUT2D eigenvalue weighted by molar-refractivity contribution is 0.339. The summed E-state index contributed by atoms with van der Waals surface area (Å²) in [7, 11) is 1.71. The Labute approximate surface area is 126 Å². The van der Waals surface area contributed by atoms with Crippen LogP contribution in [-0.2, 0) is 6.42 Å². The molecule has 3 nitrogen and oxygen atoms in total. The summed E-state index contributed by atoms with van der Waals surface area (Å²) in [6, 6.07) is 12.8. The second kappa shape index (κ2) is 6.72. The summed E-state index contributed by atoms with van der Waals surface area (Å²) in [4.78, 5) is 6.63. The van der Waals surface area contributed by atoms with Crippen LogP contribution in [0.3, 0.4) is 0 Å². The third-order valence-corrected chi connectivity index (χ3v) is 4.33. The summed E-state index contributed by atoms with van der Waals surface area (Å²) in [6.45, 7) is 3.50. The van der Waals surface area contributed by atoms with E-state index in [-0.39, 0.29) is 0 Å². The van der Waals surface area contributed by atoms with Gasteiger partial charge in [0.25, 0.3) is 0 Å². The Bertz CT molecular complexity index is 553. The Morgan fingerprint density at radius 3 is 2.62 bits per heavy atom. The third kappa shape index (κ3) is 3.61. The van der Waals surface area contributed by atoms with Crippen LogP contribution in [0.2, 0.25) is 0 Å². The van der Waals surface area contributed by atoms with Crippen LogP contribution < -0.4 is 4.74 Å². The topological polar surface area (TPSA) is 25.4 Å². The van der Waals surface area contributed by atoms with E-state index in [1.54, 1.807) is 7.11 Å². The molecule has 0 saturated carbocycles. The van der Waals surface area contributed by atoms with Gasteiger partial charge in [-0.25, -0.2) is 0 Å². The van der Waals surface area contributed by atoms with Crippen molar-refractivity contribution < 1.29 is 4.74 Å². The molecule has 110 valence electrons. The number of benzene rings is 1. The molecule has 21 heavy (non-hydrogen) atoms. The van der Waals surface area contributed by atoms with Crippen LogP contribution in [0.4, 0.5) is 0 Å². The molecule has 1 atom stereocenters. The van der Waals surface area contributed by atoms with Crippen LogP contribution >= 0.6 is 0 Å². The van der Waals surface area contributed by atoms with Gasteiger partial charge in [0.1, 0.15) is 5.75 Å². The maximum Gasteiger partial charge on any atom is 0.118 e. The number of nitrogens with zero attached hydrogens (tertiary/aromatic N) is 2. The second-order valence-corrected chi connectivity index (χ2v) is 5.66. The molecule has 3 rings (SSSR count). The molecule has 1 aromatic carbocycles. The number of pyridine rings is 1. The zero-order valence-electron chi connectivity index (χ0n) is 12.5. The number of rotatable bonds is 5. The fraction of sp³-hybridized carbons (Fsp3) is 0.389. The maximum absolute atomic E-state index is 5.22. The van der Waals surface area contributed by atoms with Crippen LogP contribution in [-0.4, -0.2) is 36.6 Å². The summed E-state index contributed by atoms with van der Waals surface area (Å²) < 4.78 is 5.22. The first-order chi connectivity index (χ1) is 10.3. The zero-order chi connectivity index (χ0) is 14.5. The number of hydrogen-bond donors (Lipinski definition) is 0. The highest BCUT2D eigenvalue weighted by Gasteiger charge is 2.23. The molecule has 0 unspecified atom stereocenters. The van der Waals surface area contributed by atoms with Crippen molar-refractivity contribution in [3.63, 3.8) is 0 Å². The van der Waals surface area contributed by atoms with E-state index in [1.807, 2.05) is 12.4 Å². The number of methoxy groups -OCH3 is 1. The van der Waals surface area contributed by atoms with Crippen molar-refractivity contribution in [3.05, 3.63) is 59.9 Å². The summed E-state index contributed by atoms with van der Waals surface area (Å²) in [6.07, 6.45) is 6.11. The largest absolute Gasteiger partial charge is 0.497 e. The molecule has 2 heterocycles. The number of ether oxygens (including phenoxy) is 1. The van der Waals surface area contributed by atoms with Gasteiger partial charge in [-0.3, -0.25) is 4.98 Å². The average molecular weight is 282 g/mol. The highest BCUT2D eigenvalue weighted by molar-refractivity contribution is 5.30. The van der Waals surface area contributed by atoms with Gasteiger partial charge < -0.3 is 9.64 Å². The van der Waals surface area contributed by atoms with Crippen LogP contribution in [0.15, 0.2) is 48.8 Å². The molecule has 0 radical (unpaired) electrons. The van der Waals surface area contributed by atoms with Gasteiger partial charge in [0.2, 0.25) is 0 Å². The second-order valence-electron chi connectivity index (χ2n) is 5.66. The summed E-state index contributed by atoms with van der Waals surface area (Å²) in [5, 5.41) is 0. The molecule has 0 N–H and O–H groups in total. The van der Waals surface area contributed by atoms with E-state index in [0.717, 1.165) is 25.3 Å². The summed E-state index contributed by atoms with van der Waals surface area (Å²) in [5.41, 5.74) is 2.81. The van der Waals surface area contributed by atoms with E-state index in [2.05, 4.69) is 46.3 Å². The Balaban J connectivity index is 1.52. The smallest absolute Gasteiger partial charge is 0.118 e. The molecule has 1 fully saturated rings. The zero-order valence-corrected chi connectivity index (χ0v) is 12.5. The van der Waals surface area contributed by atoms with Crippen LogP contribution in [0.25, 0.3) is 0 Å². The Morgan fingerprint density at radius 1 is 1.14 bits per heavy atom. The molecular formula is C18H22N2O. The minimum Gasteiger partial charge on any atom is -0.497 e. The lowest BCUT2D eigenvalue weighted by Gasteiger charge is -2.16. The van der Waals surface area contributed by atoms with Gasteiger partial charge >= 0.3 is 0 Å². The Kier molecular flexibility index (Phi) is 4.51. The quantitative estimate of drug-likeness (QED) is 0.842. The minimum absolute atomic E-state index is 0.661. The van der Waals surface area contributed by atoms with Gasteiger partial charge in [-0.1, -0.05) is 12.1 Å². The fourth-order valence-corrected chi connectivity index (χ4v) is 3.02. The highest BCUT2D eigenvalue weighted by atomic mass is 16.5. The van der Waals surface area contributed by atoms with Crippen LogP contribution in [0, 0.1) is 0 Å². The first-order valence-corrected chi connectivity index (χ1v) is 7.60. The molecule has 1 aliphatic heterocycles. The average Bonchev–Trinajstić information content (AvgIpc) is 3.03. The Morgan fingerprint density at radius 2 is 1.90 bits per heavy atom. The molecule has 2 aromatic rings. The number of likely N-dealkylation sites (tertiary alicyclic amines) is 1.